The maximum atomic E-state index is 5.58. The Labute approximate surface area is 150 Å². The zero-order valence-corrected chi connectivity index (χ0v) is 16.0. The van der Waals surface area contributed by atoms with Crippen LogP contribution in [0.1, 0.15) is 26.2 Å². The van der Waals surface area contributed by atoms with Crippen molar-refractivity contribution in [3.05, 3.63) is 12.2 Å². The van der Waals surface area contributed by atoms with E-state index in [9.17, 15) is 0 Å². The molecule has 24 heavy (non-hydrogen) atoms. The average molecular weight is 353 g/mol. The first-order chi connectivity index (χ1) is 11.8. The Balaban J connectivity index is 1.53. The zero-order chi connectivity index (χ0) is 16.8. The van der Waals surface area contributed by atoms with Gasteiger partial charge in [0.25, 0.3) is 0 Å². The van der Waals surface area contributed by atoms with E-state index < -0.39 is 0 Å². The fraction of sp³-hybridized carbons (Fsp3) is 0.833. The molecule has 0 saturated carbocycles. The summed E-state index contributed by atoms with van der Waals surface area (Å²) in [6, 6.07) is 0.667. The standard InChI is InChI=1S/C18H32N4OS/c1-3-24-18(7-12-23-13-8-18)15-20-17(19-2)22-11-6-16(14-22)21-9-4-5-10-21/h4-5,16H,3,6-15H2,1-2H3,(H,19,20). The van der Waals surface area contributed by atoms with Crippen molar-refractivity contribution >= 4 is 17.7 Å². The van der Waals surface area contributed by atoms with Crippen molar-refractivity contribution in [2.45, 2.75) is 37.0 Å². The Bertz CT molecular complexity index is 448. The minimum atomic E-state index is 0.306. The molecule has 1 unspecified atom stereocenters. The van der Waals surface area contributed by atoms with Crippen LogP contribution in [0.15, 0.2) is 17.1 Å². The van der Waals surface area contributed by atoms with Gasteiger partial charge in [-0.2, -0.15) is 11.8 Å². The van der Waals surface area contributed by atoms with Gasteiger partial charge >= 0.3 is 0 Å². The first kappa shape index (κ1) is 18.1. The molecule has 5 nitrogen and oxygen atoms in total. The maximum absolute atomic E-state index is 5.58. The number of aliphatic imine (C=N–C) groups is 1. The molecule has 3 aliphatic heterocycles. The van der Waals surface area contributed by atoms with E-state index in [1.165, 1.54) is 6.42 Å². The summed E-state index contributed by atoms with van der Waals surface area (Å²) in [7, 11) is 1.91. The molecular weight excluding hydrogens is 320 g/mol. The fourth-order valence-electron chi connectivity index (χ4n) is 4.02. The number of hydrogen-bond acceptors (Lipinski definition) is 4. The molecule has 3 heterocycles. The lowest BCUT2D eigenvalue weighted by Crippen LogP contribution is -2.49. The summed E-state index contributed by atoms with van der Waals surface area (Å²) in [5, 5.41) is 3.68. The SMILES string of the molecule is CCSC1(CNC(=NC)N2CCC(N3CC=CC3)C2)CCOCC1. The van der Waals surface area contributed by atoms with E-state index in [2.05, 4.69) is 50.9 Å². The zero-order valence-electron chi connectivity index (χ0n) is 15.2. The van der Waals surface area contributed by atoms with Gasteiger partial charge in [-0.1, -0.05) is 19.1 Å². The van der Waals surface area contributed by atoms with Gasteiger partial charge in [-0.3, -0.25) is 9.89 Å². The van der Waals surface area contributed by atoms with Gasteiger partial charge in [0, 0.05) is 63.8 Å². The minimum absolute atomic E-state index is 0.306. The summed E-state index contributed by atoms with van der Waals surface area (Å²) in [5.74, 6) is 2.24. The second-order valence-corrected chi connectivity index (χ2v) is 8.68. The van der Waals surface area contributed by atoms with Gasteiger partial charge < -0.3 is 15.0 Å². The van der Waals surface area contributed by atoms with Crippen LogP contribution in [-0.2, 0) is 4.74 Å². The summed E-state index contributed by atoms with van der Waals surface area (Å²) in [6.07, 6.45) is 8.08. The molecule has 3 aliphatic rings. The normalized spacial score (nSPS) is 27.8. The quantitative estimate of drug-likeness (QED) is 0.464. The smallest absolute Gasteiger partial charge is 0.193 e. The van der Waals surface area contributed by atoms with Crippen molar-refractivity contribution in [3.63, 3.8) is 0 Å². The van der Waals surface area contributed by atoms with Gasteiger partial charge in [0.1, 0.15) is 0 Å². The van der Waals surface area contributed by atoms with Gasteiger partial charge in [0.15, 0.2) is 5.96 Å². The Kier molecular flexibility index (Phi) is 6.47. The number of likely N-dealkylation sites (tertiary alicyclic amines) is 1. The predicted octanol–water partition coefficient (Wildman–Crippen LogP) is 1.81. The van der Waals surface area contributed by atoms with Crippen LogP contribution in [0.25, 0.3) is 0 Å². The van der Waals surface area contributed by atoms with Crippen molar-refractivity contribution in [2.24, 2.45) is 4.99 Å². The number of ether oxygens (including phenoxy) is 1. The van der Waals surface area contributed by atoms with Crippen LogP contribution < -0.4 is 5.32 Å². The first-order valence-electron chi connectivity index (χ1n) is 9.33. The van der Waals surface area contributed by atoms with E-state index in [1.54, 1.807) is 0 Å². The molecule has 0 bridgehead atoms. The third kappa shape index (κ3) is 4.27. The van der Waals surface area contributed by atoms with Crippen LogP contribution in [0.4, 0.5) is 0 Å². The Morgan fingerprint density at radius 1 is 1.33 bits per heavy atom. The molecule has 6 heteroatoms. The molecule has 0 aromatic heterocycles. The Hall–Kier alpha value is -0.720. The highest BCUT2D eigenvalue weighted by Crippen LogP contribution is 2.34. The summed E-state index contributed by atoms with van der Waals surface area (Å²) < 4.78 is 5.89. The molecule has 1 atom stereocenters. The van der Waals surface area contributed by atoms with Gasteiger partial charge in [-0.05, 0) is 25.0 Å². The number of nitrogens with zero attached hydrogens (tertiary/aromatic N) is 3. The molecule has 0 aliphatic carbocycles. The van der Waals surface area contributed by atoms with Crippen molar-refractivity contribution < 1.29 is 4.74 Å². The summed E-state index contributed by atoms with van der Waals surface area (Å²) in [4.78, 5) is 9.57. The third-order valence-electron chi connectivity index (χ3n) is 5.46. The Morgan fingerprint density at radius 2 is 2.08 bits per heavy atom. The largest absolute Gasteiger partial charge is 0.381 e. The van der Waals surface area contributed by atoms with E-state index >= 15 is 0 Å². The van der Waals surface area contributed by atoms with Gasteiger partial charge in [0.05, 0.1) is 0 Å². The molecule has 1 N–H and O–H groups in total. The molecule has 0 aromatic carbocycles. The second-order valence-electron chi connectivity index (χ2n) is 6.94. The molecule has 0 spiro atoms. The number of hydrogen-bond donors (Lipinski definition) is 1. The highest BCUT2D eigenvalue weighted by molar-refractivity contribution is 8.00. The van der Waals surface area contributed by atoms with Crippen molar-refractivity contribution in [1.29, 1.82) is 0 Å². The van der Waals surface area contributed by atoms with E-state index in [1.807, 2.05) is 7.05 Å². The van der Waals surface area contributed by atoms with Crippen LogP contribution in [0.5, 0.6) is 0 Å². The van der Waals surface area contributed by atoms with Crippen molar-refractivity contribution in [3.8, 4) is 0 Å². The number of guanidine groups is 1. The number of nitrogens with one attached hydrogen (secondary N) is 1. The second kappa shape index (κ2) is 8.59. The molecule has 0 amide bonds. The van der Waals surface area contributed by atoms with E-state index in [0.29, 0.717) is 10.8 Å². The highest BCUT2D eigenvalue weighted by Gasteiger charge is 2.34. The lowest BCUT2D eigenvalue weighted by molar-refractivity contribution is 0.0780. The molecule has 0 aromatic rings. The van der Waals surface area contributed by atoms with E-state index in [-0.39, 0.29) is 0 Å². The summed E-state index contributed by atoms with van der Waals surface area (Å²) in [5.41, 5.74) is 0. The first-order valence-corrected chi connectivity index (χ1v) is 10.3. The van der Waals surface area contributed by atoms with Crippen LogP contribution >= 0.6 is 11.8 Å². The van der Waals surface area contributed by atoms with Crippen LogP contribution in [0.3, 0.4) is 0 Å². The Morgan fingerprint density at radius 3 is 2.75 bits per heavy atom. The number of rotatable bonds is 5. The molecule has 3 rings (SSSR count). The minimum Gasteiger partial charge on any atom is -0.381 e. The van der Waals surface area contributed by atoms with Crippen molar-refractivity contribution in [1.82, 2.24) is 15.1 Å². The highest BCUT2D eigenvalue weighted by atomic mass is 32.2. The van der Waals surface area contributed by atoms with E-state index in [4.69, 9.17) is 4.74 Å². The summed E-state index contributed by atoms with van der Waals surface area (Å²) in [6.45, 7) is 9.46. The lowest BCUT2D eigenvalue weighted by atomic mass is 9.99. The van der Waals surface area contributed by atoms with Crippen LogP contribution in [-0.4, -0.2) is 85.3 Å². The molecular formula is C18H32N4OS. The average Bonchev–Trinajstić information content (AvgIpc) is 3.28. The molecule has 2 fully saturated rings. The van der Waals surface area contributed by atoms with Crippen LogP contribution in [0.2, 0.25) is 0 Å². The van der Waals surface area contributed by atoms with Crippen molar-refractivity contribution in [2.75, 3.05) is 58.7 Å². The van der Waals surface area contributed by atoms with Gasteiger partial charge in [-0.25, -0.2) is 0 Å². The predicted molar refractivity (Wildman–Crippen MR) is 103 cm³/mol. The van der Waals surface area contributed by atoms with Gasteiger partial charge in [-0.15, -0.1) is 0 Å². The summed E-state index contributed by atoms with van der Waals surface area (Å²) >= 11 is 2.08. The van der Waals surface area contributed by atoms with E-state index in [0.717, 1.165) is 70.5 Å². The lowest BCUT2D eigenvalue weighted by Gasteiger charge is -2.37. The van der Waals surface area contributed by atoms with Crippen LogP contribution in [0, 0.1) is 0 Å². The maximum Gasteiger partial charge on any atom is 0.193 e. The number of thioether (sulfide) groups is 1. The molecule has 0 radical (unpaired) electrons. The molecule has 136 valence electrons. The van der Waals surface area contributed by atoms with Gasteiger partial charge in [0.2, 0.25) is 0 Å². The molecule has 2 saturated heterocycles. The third-order valence-corrected chi connectivity index (χ3v) is 6.91. The monoisotopic (exact) mass is 352 g/mol. The fourth-order valence-corrected chi connectivity index (χ4v) is 5.26. The topological polar surface area (TPSA) is 40.1 Å².